The van der Waals surface area contributed by atoms with Crippen LogP contribution in [0.25, 0.3) is 5.57 Å². The van der Waals surface area contributed by atoms with Crippen molar-refractivity contribution >= 4 is 28.7 Å². The summed E-state index contributed by atoms with van der Waals surface area (Å²) >= 11 is 1.52. The minimum absolute atomic E-state index is 0.0383. The van der Waals surface area contributed by atoms with Crippen molar-refractivity contribution in [2.45, 2.75) is 71.5 Å². The van der Waals surface area contributed by atoms with Crippen LogP contribution in [-0.2, 0) is 14.3 Å². The average molecular weight is 405 g/mol. The maximum atomic E-state index is 13.3. The Morgan fingerprint density at radius 2 is 1.71 bits per heavy atom. The molecule has 3 rings (SSSR count). The standard InChI is InChI=1S/C22H32N2O3S/c1-4-5-6-7-8-9-12-24-21(25)19(18-11-10-13-28-18)20(22(24)26)23-14-16(2)27-17(3)15-23/h10-11,13,16-17H,4-9,12,14-15H2,1-3H3. The summed E-state index contributed by atoms with van der Waals surface area (Å²) in [5.74, 6) is -0.272. The van der Waals surface area contributed by atoms with Gasteiger partial charge < -0.3 is 9.64 Å². The van der Waals surface area contributed by atoms with E-state index in [1.165, 1.54) is 41.9 Å². The molecular formula is C22H32N2O3S. The van der Waals surface area contributed by atoms with Crippen LogP contribution in [0.2, 0.25) is 0 Å². The smallest absolute Gasteiger partial charge is 0.277 e. The molecule has 0 saturated carbocycles. The van der Waals surface area contributed by atoms with Crippen LogP contribution in [0, 0.1) is 0 Å². The first-order chi connectivity index (χ1) is 13.5. The second-order valence-electron chi connectivity index (χ2n) is 7.89. The fourth-order valence-electron chi connectivity index (χ4n) is 4.11. The number of thiophene rings is 1. The lowest BCUT2D eigenvalue weighted by atomic mass is 10.1. The topological polar surface area (TPSA) is 49.9 Å². The molecule has 0 aliphatic carbocycles. The van der Waals surface area contributed by atoms with Crippen LogP contribution in [0.1, 0.15) is 64.2 Å². The first-order valence-corrected chi connectivity index (χ1v) is 11.5. The summed E-state index contributed by atoms with van der Waals surface area (Å²) in [6, 6.07) is 3.87. The van der Waals surface area contributed by atoms with Gasteiger partial charge in [-0.1, -0.05) is 45.1 Å². The summed E-state index contributed by atoms with van der Waals surface area (Å²) in [5.41, 5.74) is 1.15. The number of ether oxygens (including phenoxy) is 1. The second kappa shape index (κ2) is 9.70. The van der Waals surface area contributed by atoms with Crippen LogP contribution < -0.4 is 0 Å². The van der Waals surface area contributed by atoms with Crippen molar-refractivity contribution in [1.82, 2.24) is 9.80 Å². The molecule has 1 aromatic heterocycles. The van der Waals surface area contributed by atoms with E-state index >= 15 is 0 Å². The number of hydrogen-bond acceptors (Lipinski definition) is 5. The first-order valence-electron chi connectivity index (χ1n) is 10.6. The minimum Gasteiger partial charge on any atom is -0.372 e. The lowest BCUT2D eigenvalue weighted by molar-refractivity contribution is -0.138. The Balaban J connectivity index is 1.76. The monoisotopic (exact) mass is 404 g/mol. The summed E-state index contributed by atoms with van der Waals surface area (Å²) < 4.78 is 5.83. The SMILES string of the molecule is CCCCCCCCN1C(=O)C(c2cccs2)=C(N2CC(C)OC(C)C2)C1=O. The van der Waals surface area contributed by atoms with E-state index in [2.05, 4.69) is 11.8 Å². The van der Waals surface area contributed by atoms with E-state index in [9.17, 15) is 9.59 Å². The van der Waals surface area contributed by atoms with Gasteiger partial charge in [-0.25, -0.2) is 0 Å². The van der Waals surface area contributed by atoms with Gasteiger partial charge in [0.05, 0.1) is 17.8 Å². The van der Waals surface area contributed by atoms with Crippen LogP contribution in [0.3, 0.4) is 0 Å². The summed E-state index contributed by atoms with van der Waals surface area (Å²) in [6.45, 7) is 8.02. The second-order valence-corrected chi connectivity index (χ2v) is 8.84. The van der Waals surface area contributed by atoms with Gasteiger partial charge in [-0.15, -0.1) is 11.3 Å². The molecule has 2 aliphatic rings. The van der Waals surface area contributed by atoms with Gasteiger partial charge in [0.15, 0.2) is 0 Å². The molecule has 28 heavy (non-hydrogen) atoms. The number of amides is 2. The van der Waals surface area contributed by atoms with Gasteiger partial charge in [0.25, 0.3) is 11.8 Å². The Labute approximate surface area is 172 Å². The van der Waals surface area contributed by atoms with Crippen LogP contribution in [0.4, 0.5) is 0 Å². The lowest BCUT2D eigenvalue weighted by Crippen LogP contribution is -2.47. The predicted molar refractivity (Wildman–Crippen MR) is 113 cm³/mol. The number of carbonyl (C=O) groups excluding carboxylic acids is 2. The maximum absolute atomic E-state index is 13.3. The van der Waals surface area contributed by atoms with Gasteiger partial charge >= 0.3 is 0 Å². The predicted octanol–water partition coefficient (Wildman–Crippen LogP) is 4.30. The van der Waals surface area contributed by atoms with Crippen molar-refractivity contribution in [3.63, 3.8) is 0 Å². The van der Waals surface area contributed by atoms with E-state index in [-0.39, 0.29) is 24.0 Å². The van der Waals surface area contributed by atoms with Gasteiger partial charge in [0.2, 0.25) is 0 Å². The lowest BCUT2D eigenvalue weighted by Gasteiger charge is -2.37. The molecule has 2 unspecified atom stereocenters. The van der Waals surface area contributed by atoms with Gasteiger partial charge in [-0.2, -0.15) is 0 Å². The van der Waals surface area contributed by atoms with E-state index in [0.29, 0.717) is 30.9 Å². The summed E-state index contributed by atoms with van der Waals surface area (Å²) in [6.07, 6.45) is 6.88. The molecule has 1 aromatic rings. The van der Waals surface area contributed by atoms with E-state index in [1.54, 1.807) is 0 Å². The molecule has 0 radical (unpaired) electrons. The molecule has 2 aliphatic heterocycles. The van der Waals surface area contributed by atoms with Crippen molar-refractivity contribution < 1.29 is 14.3 Å². The molecule has 0 aromatic carbocycles. The molecule has 2 amide bonds. The third-order valence-electron chi connectivity index (χ3n) is 5.38. The van der Waals surface area contributed by atoms with Crippen molar-refractivity contribution in [3.8, 4) is 0 Å². The number of hydrogen-bond donors (Lipinski definition) is 0. The number of morpholine rings is 1. The first kappa shape index (κ1) is 21.1. The quantitative estimate of drug-likeness (QED) is 0.455. The van der Waals surface area contributed by atoms with Crippen molar-refractivity contribution in [2.75, 3.05) is 19.6 Å². The molecule has 0 N–H and O–H groups in total. The molecule has 154 valence electrons. The largest absolute Gasteiger partial charge is 0.372 e. The highest BCUT2D eigenvalue weighted by Crippen LogP contribution is 2.35. The van der Waals surface area contributed by atoms with Crippen LogP contribution in [0.5, 0.6) is 0 Å². The molecular weight excluding hydrogens is 372 g/mol. The van der Waals surface area contributed by atoms with E-state index in [4.69, 9.17) is 4.74 Å². The zero-order valence-electron chi connectivity index (χ0n) is 17.3. The molecule has 0 spiro atoms. The van der Waals surface area contributed by atoms with Gasteiger partial charge in [0, 0.05) is 24.5 Å². The van der Waals surface area contributed by atoms with Gasteiger partial charge in [0.1, 0.15) is 5.70 Å². The summed E-state index contributed by atoms with van der Waals surface area (Å²) in [7, 11) is 0. The molecule has 6 heteroatoms. The third kappa shape index (κ3) is 4.66. The highest BCUT2D eigenvalue weighted by molar-refractivity contribution is 7.11. The molecule has 1 fully saturated rings. The number of unbranched alkanes of at least 4 members (excludes halogenated alkanes) is 5. The van der Waals surface area contributed by atoms with Crippen molar-refractivity contribution in [3.05, 3.63) is 28.1 Å². The fraction of sp³-hybridized carbons (Fsp3) is 0.636. The summed E-state index contributed by atoms with van der Waals surface area (Å²) in [4.78, 5) is 30.9. The van der Waals surface area contributed by atoms with Gasteiger partial charge in [-0.3, -0.25) is 14.5 Å². The minimum atomic E-state index is -0.136. The van der Waals surface area contributed by atoms with E-state index < -0.39 is 0 Å². The highest BCUT2D eigenvalue weighted by atomic mass is 32.1. The zero-order chi connectivity index (χ0) is 20.1. The highest BCUT2D eigenvalue weighted by Gasteiger charge is 2.43. The van der Waals surface area contributed by atoms with Crippen LogP contribution in [0.15, 0.2) is 23.2 Å². The molecule has 3 heterocycles. The Morgan fingerprint density at radius 1 is 1.04 bits per heavy atom. The number of rotatable bonds is 9. The maximum Gasteiger partial charge on any atom is 0.277 e. The third-order valence-corrected chi connectivity index (χ3v) is 6.27. The van der Waals surface area contributed by atoms with E-state index in [0.717, 1.165) is 17.7 Å². The Kier molecular flexibility index (Phi) is 7.30. The summed E-state index contributed by atoms with van der Waals surface area (Å²) in [5, 5.41) is 1.96. The number of nitrogens with zero attached hydrogens (tertiary/aromatic N) is 2. The molecule has 1 saturated heterocycles. The number of carbonyl (C=O) groups is 2. The van der Waals surface area contributed by atoms with Crippen molar-refractivity contribution in [1.29, 1.82) is 0 Å². The fourth-order valence-corrected chi connectivity index (χ4v) is 4.88. The molecule has 5 nitrogen and oxygen atoms in total. The Bertz CT molecular complexity index is 703. The van der Waals surface area contributed by atoms with Crippen molar-refractivity contribution in [2.24, 2.45) is 0 Å². The average Bonchev–Trinajstić information content (AvgIpc) is 3.25. The Hall–Kier alpha value is -1.66. The van der Waals surface area contributed by atoms with E-state index in [1.807, 2.05) is 31.4 Å². The van der Waals surface area contributed by atoms with Crippen LogP contribution in [-0.4, -0.2) is 53.5 Å². The molecule has 2 atom stereocenters. The normalized spacial score (nSPS) is 23.2. The van der Waals surface area contributed by atoms with Crippen LogP contribution >= 0.6 is 11.3 Å². The van der Waals surface area contributed by atoms with Gasteiger partial charge in [-0.05, 0) is 31.7 Å². The number of imide groups is 1. The Morgan fingerprint density at radius 3 is 2.36 bits per heavy atom. The molecule has 0 bridgehead atoms. The zero-order valence-corrected chi connectivity index (χ0v) is 18.1.